The second kappa shape index (κ2) is 9.57. The number of benzene rings is 2. The molecule has 0 spiro atoms. The number of nitrogens with zero attached hydrogens (tertiary/aromatic N) is 1. The summed E-state index contributed by atoms with van der Waals surface area (Å²) in [5.74, 6) is 1.03. The van der Waals surface area contributed by atoms with Gasteiger partial charge in [0.2, 0.25) is 0 Å². The molecule has 1 saturated carbocycles. The summed E-state index contributed by atoms with van der Waals surface area (Å²) in [6.07, 6.45) is -3.36. The number of hydrogen-bond donors (Lipinski definition) is 4. The van der Waals surface area contributed by atoms with E-state index in [1.54, 1.807) is 12.1 Å². The fraction of sp³-hybridized carbons (Fsp3) is 0.480. The van der Waals surface area contributed by atoms with Crippen LogP contribution in [-0.4, -0.2) is 58.1 Å². The molecule has 0 radical (unpaired) electrons. The molecule has 0 amide bonds. The van der Waals surface area contributed by atoms with E-state index in [4.69, 9.17) is 9.47 Å². The van der Waals surface area contributed by atoms with Gasteiger partial charge in [0.25, 0.3) is 0 Å². The number of rotatable bonds is 7. The van der Waals surface area contributed by atoms with Crippen LogP contribution in [0.15, 0.2) is 36.4 Å². The molecule has 7 heteroatoms. The Morgan fingerprint density at radius 2 is 1.75 bits per heavy atom. The fourth-order valence-electron chi connectivity index (χ4n) is 4.32. The lowest BCUT2D eigenvalue weighted by Gasteiger charge is -2.40. The van der Waals surface area contributed by atoms with Gasteiger partial charge in [0.05, 0.1) is 18.8 Å². The van der Waals surface area contributed by atoms with Crippen molar-refractivity contribution in [2.45, 2.75) is 62.6 Å². The van der Waals surface area contributed by atoms with E-state index in [9.17, 15) is 25.7 Å². The van der Waals surface area contributed by atoms with Gasteiger partial charge < -0.3 is 29.9 Å². The van der Waals surface area contributed by atoms with Gasteiger partial charge in [0, 0.05) is 0 Å². The maximum atomic E-state index is 10.6. The fourth-order valence-corrected chi connectivity index (χ4v) is 4.32. The summed E-state index contributed by atoms with van der Waals surface area (Å²) < 4.78 is 11.4. The standard InChI is InChI=1S/C25H29NO6/c1-2-31-20-11-18(25-24(30)23(29)22(28)21(13-27)32-25)10-17(19(20)12-26)9-14-3-5-15(6-4-14)16-7-8-16/h3-6,10-11,16,21-25,27-30H,2,7-9,13H2,1H3/t21-,22-,23+,24-,25+/m1/s1. The Morgan fingerprint density at radius 1 is 1.03 bits per heavy atom. The van der Waals surface area contributed by atoms with Gasteiger partial charge in [0.15, 0.2) is 0 Å². The lowest BCUT2D eigenvalue weighted by atomic mass is 9.88. The summed E-state index contributed by atoms with van der Waals surface area (Å²) in [5.41, 5.74) is 4.00. The summed E-state index contributed by atoms with van der Waals surface area (Å²) in [7, 11) is 0. The highest BCUT2D eigenvalue weighted by Gasteiger charge is 2.44. The summed E-state index contributed by atoms with van der Waals surface area (Å²) in [6.45, 7) is 1.66. The summed E-state index contributed by atoms with van der Waals surface area (Å²) >= 11 is 0. The minimum Gasteiger partial charge on any atom is -0.492 e. The topological polar surface area (TPSA) is 123 Å². The Kier molecular flexibility index (Phi) is 6.79. The third-order valence-electron chi connectivity index (χ3n) is 6.26. The highest BCUT2D eigenvalue weighted by Crippen LogP contribution is 2.40. The minimum absolute atomic E-state index is 0.350. The van der Waals surface area contributed by atoms with Crippen molar-refractivity contribution in [3.05, 3.63) is 64.2 Å². The van der Waals surface area contributed by atoms with Crippen LogP contribution in [0.5, 0.6) is 5.75 Å². The molecule has 1 saturated heterocycles. The van der Waals surface area contributed by atoms with Crippen molar-refractivity contribution in [2.24, 2.45) is 0 Å². The van der Waals surface area contributed by atoms with Crippen LogP contribution in [0.3, 0.4) is 0 Å². The molecule has 2 aromatic rings. The van der Waals surface area contributed by atoms with Crippen molar-refractivity contribution in [3.8, 4) is 11.8 Å². The van der Waals surface area contributed by atoms with E-state index >= 15 is 0 Å². The molecule has 32 heavy (non-hydrogen) atoms. The van der Waals surface area contributed by atoms with Crippen molar-refractivity contribution in [1.82, 2.24) is 0 Å². The van der Waals surface area contributed by atoms with Crippen LogP contribution in [0.2, 0.25) is 0 Å². The highest BCUT2D eigenvalue weighted by atomic mass is 16.5. The first-order valence-corrected chi connectivity index (χ1v) is 11.1. The second-order valence-corrected chi connectivity index (χ2v) is 8.54. The van der Waals surface area contributed by atoms with Gasteiger partial charge in [-0.05, 0) is 60.4 Å². The molecule has 5 atom stereocenters. The van der Waals surface area contributed by atoms with Crippen LogP contribution in [0.4, 0.5) is 0 Å². The second-order valence-electron chi connectivity index (χ2n) is 8.54. The quantitative estimate of drug-likeness (QED) is 0.520. The zero-order valence-electron chi connectivity index (χ0n) is 18.0. The predicted molar refractivity (Wildman–Crippen MR) is 116 cm³/mol. The van der Waals surface area contributed by atoms with Crippen LogP contribution in [-0.2, 0) is 11.2 Å². The number of aliphatic hydroxyl groups is 4. The van der Waals surface area contributed by atoms with Crippen LogP contribution in [0.1, 0.15) is 59.6 Å². The summed E-state index contributed by atoms with van der Waals surface area (Å²) in [5, 5.41) is 50.2. The van der Waals surface area contributed by atoms with E-state index in [0.717, 1.165) is 5.56 Å². The lowest BCUT2D eigenvalue weighted by Crippen LogP contribution is -2.55. The van der Waals surface area contributed by atoms with E-state index in [1.807, 2.05) is 6.92 Å². The molecular formula is C25H29NO6. The van der Waals surface area contributed by atoms with Crippen molar-refractivity contribution < 1.29 is 29.9 Å². The summed E-state index contributed by atoms with van der Waals surface area (Å²) in [6, 6.07) is 14.0. The molecule has 2 aliphatic rings. The average Bonchev–Trinajstić information content (AvgIpc) is 3.64. The maximum absolute atomic E-state index is 10.6. The Bertz CT molecular complexity index is 979. The predicted octanol–water partition coefficient (Wildman–Crippen LogP) is 1.94. The van der Waals surface area contributed by atoms with Crippen molar-refractivity contribution >= 4 is 0 Å². The Morgan fingerprint density at radius 3 is 2.34 bits per heavy atom. The van der Waals surface area contributed by atoms with Gasteiger partial charge in [0.1, 0.15) is 42.3 Å². The molecule has 0 bridgehead atoms. The Labute approximate surface area is 187 Å². The molecule has 0 aromatic heterocycles. The van der Waals surface area contributed by atoms with Gasteiger partial charge in [-0.1, -0.05) is 30.3 Å². The van der Waals surface area contributed by atoms with Crippen molar-refractivity contribution in [3.63, 3.8) is 0 Å². The Balaban J connectivity index is 1.70. The maximum Gasteiger partial charge on any atom is 0.137 e. The van der Waals surface area contributed by atoms with Crippen LogP contribution in [0.25, 0.3) is 0 Å². The van der Waals surface area contributed by atoms with Gasteiger partial charge >= 0.3 is 0 Å². The molecular weight excluding hydrogens is 410 g/mol. The van der Waals surface area contributed by atoms with Gasteiger partial charge in [-0.2, -0.15) is 5.26 Å². The molecule has 2 fully saturated rings. The van der Waals surface area contributed by atoms with Gasteiger partial charge in [-0.3, -0.25) is 0 Å². The van der Waals surface area contributed by atoms with E-state index in [-0.39, 0.29) is 0 Å². The number of aliphatic hydroxyl groups excluding tert-OH is 4. The van der Waals surface area contributed by atoms with Gasteiger partial charge in [-0.25, -0.2) is 0 Å². The van der Waals surface area contributed by atoms with E-state index in [2.05, 4.69) is 30.3 Å². The SMILES string of the molecule is CCOc1cc([C@@H]2O[C@H](CO)[C@@H](O)[C@H](O)[C@H]2O)cc(Cc2ccc(C3CC3)cc2)c1C#N. The third kappa shape index (κ3) is 4.51. The minimum atomic E-state index is -1.48. The number of nitriles is 1. The van der Waals surface area contributed by atoms with Crippen molar-refractivity contribution in [2.75, 3.05) is 13.2 Å². The molecule has 170 valence electrons. The molecule has 0 unspecified atom stereocenters. The van der Waals surface area contributed by atoms with Crippen LogP contribution < -0.4 is 4.74 Å². The first kappa shape index (κ1) is 22.7. The zero-order valence-corrected chi connectivity index (χ0v) is 18.0. The molecule has 7 nitrogen and oxygen atoms in total. The van der Waals surface area contributed by atoms with E-state index < -0.39 is 37.1 Å². The van der Waals surface area contributed by atoms with E-state index in [1.165, 1.54) is 18.4 Å². The molecule has 1 aliphatic carbocycles. The lowest BCUT2D eigenvalue weighted by molar-refractivity contribution is -0.231. The highest BCUT2D eigenvalue weighted by molar-refractivity contribution is 5.53. The average molecular weight is 440 g/mol. The largest absolute Gasteiger partial charge is 0.492 e. The molecule has 4 rings (SSSR count). The third-order valence-corrected chi connectivity index (χ3v) is 6.26. The first-order chi connectivity index (χ1) is 15.5. The first-order valence-electron chi connectivity index (χ1n) is 11.1. The van der Waals surface area contributed by atoms with Gasteiger partial charge in [-0.15, -0.1) is 0 Å². The van der Waals surface area contributed by atoms with Crippen molar-refractivity contribution in [1.29, 1.82) is 5.26 Å². The Hall–Kier alpha value is -2.47. The normalized spacial score (nSPS) is 27.7. The summed E-state index contributed by atoms with van der Waals surface area (Å²) in [4.78, 5) is 0. The molecule has 2 aromatic carbocycles. The number of hydrogen-bond acceptors (Lipinski definition) is 7. The van der Waals surface area contributed by atoms with Crippen LogP contribution >= 0.6 is 0 Å². The van der Waals surface area contributed by atoms with E-state index in [0.29, 0.717) is 41.4 Å². The monoisotopic (exact) mass is 439 g/mol. The molecule has 1 aliphatic heterocycles. The van der Waals surface area contributed by atoms with Crippen LogP contribution in [0, 0.1) is 11.3 Å². The smallest absolute Gasteiger partial charge is 0.137 e. The zero-order chi connectivity index (χ0) is 22.8. The molecule has 1 heterocycles. The number of ether oxygens (including phenoxy) is 2. The molecule has 4 N–H and O–H groups in total.